The molecule has 122 valence electrons. The van der Waals surface area contributed by atoms with Gasteiger partial charge in [-0.1, -0.05) is 5.16 Å². The van der Waals surface area contributed by atoms with Crippen LogP contribution in [0, 0.1) is 6.92 Å². The molecule has 0 N–H and O–H groups in total. The van der Waals surface area contributed by atoms with Crippen LogP contribution in [0.5, 0.6) is 0 Å². The first-order chi connectivity index (χ1) is 11.0. The first-order valence-corrected chi connectivity index (χ1v) is 7.18. The van der Waals surface area contributed by atoms with Crippen molar-refractivity contribution in [3.8, 4) is 0 Å². The summed E-state index contributed by atoms with van der Waals surface area (Å²) in [6.45, 7) is 2.40. The van der Waals surface area contributed by atoms with Crippen molar-refractivity contribution in [3.63, 3.8) is 0 Å². The van der Waals surface area contributed by atoms with Crippen molar-refractivity contribution in [2.45, 2.75) is 19.8 Å². The summed E-state index contributed by atoms with van der Waals surface area (Å²) < 4.78 is 5.14. The molecule has 0 fully saturated rings. The van der Waals surface area contributed by atoms with Crippen LogP contribution in [0.4, 0.5) is 5.82 Å². The molecule has 0 radical (unpaired) electrons. The van der Waals surface area contributed by atoms with E-state index in [2.05, 4.69) is 15.1 Å². The van der Waals surface area contributed by atoms with E-state index in [1.54, 1.807) is 19.0 Å². The zero-order chi connectivity index (χ0) is 16.8. The van der Waals surface area contributed by atoms with Crippen LogP contribution < -0.4 is 4.90 Å². The van der Waals surface area contributed by atoms with E-state index in [4.69, 9.17) is 4.52 Å². The number of carbonyl (C=O) groups excluding carboxylic acids is 2. The van der Waals surface area contributed by atoms with Crippen LogP contribution in [0.15, 0.2) is 23.1 Å². The van der Waals surface area contributed by atoms with Gasteiger partial charge >= 0.3 is 0 Å². The van der Waals surface area contributed by atoms with Gasteiger partial charge in [-0.2, -0.15) is 0 Å². The molecule has 0 saturated heterocycles. The molecular formula is C15H19N5O3. The maximum Gasteiger partial charge on any atom is 0.258 e. The van der Waals surface area contributed by atoms with Gasteiger partial charge in [0.1, 0.15) is 17.7 Å². The number of aryl methyl sites for hydroxylation is 2. The van der Waals surface area contributed by atoms with E-state index in [0.717, 1.165) is 17.9 Å². The highest BCUT2D eigenvalue weighted by Gasteiger charge is 2.19. The molecule has 2 heterocycles. The van der Waals surface area contributed by atoms with Crippen molar-refractivity contribution in [1.82, 2.24) is 20.0 Å². The first-order valence-electron chi connectivity index (χ1n) is 7.18. The van der Waals surface area contributed by atoms with Gasteiger partial charge in [-0.3, -0.25) is 9.59 Å². The molecule has 0 spiro atoms. The Balaban J connectivity index is 1.98. The van der Waals surface area contributed by atoms with Crippen molar-refractivity contribution < 1.29 is 14.1 Å². The van der Waals surface area contributed by atoms with Gasteiger partial charge < -0.3 is 14.3 Å². The van der Waals surface area contributed by atoms with E-state index in [0.29, 0.717) is 24.9 Å². The second-order valence-corrected chi connectivity index (χ2v) is 5.24. The molecule has 0 unspecified atom stereocenters. The molecule has 0 aromatic carbocycles. The molecule has 0 aliphatic carbocycles. The predicted octanol–water partition coefficient (Wildman–Crippen LogP) is 1.07. The fourth-order valence-electron chi connectivity index (χ4n) is 2.14. The summed E-state index contributed by atoms with van der Waals surface area (Å²) in [7, 11) is 3.24. The van der Waals surface area contributed by atoms with Gasteiger partial charge in [-0.25, -0.2) is 9.97 Å². The molecule has 23 heavy (non-hydrogen) atoms. The summed E-state index contributed by atoms with van der Waals surface area (Å²) in [6.07, 6.45) is 4.76. The lowest BCUT2D eigenvalue weighted by Crippen LogP contribution is -2.30. The topological polar surface area (TPSA) is 92.4 Å². The Morgan fingerprint density at radius 1 is 1.39 bits per heavy atom. The summed E-state index contributed by atoms with van der Waals surface area (Å²) in [4.78, 5) is 34.1. The standard InChI is InChI=1S/C15H19N5O3/c1-11-7-12(23-18-11)5-4-6-19(2)15(22)13-8-16-9-17-14(13)20(3)10-21/h7-10H,4-6H2,1-3H3. The second-order valence-electron chi connectivity index (χ2n) is 5.24. The van der Waals surface area contributed by atoms with Crippen LogP contribution in [0.25, 0.3) is 0 Å². The summed E-state index contributed by atoms with van der Waals surface area (Å²) in [5.74, 6) is 0.855. The fourth-order valence-corrected chi connectivity index (χ4v) is 2.14. The number of hydrogen-bond acceptors (Lipinski definition) is 6. The van der Waals surface area contributed by atoms with Gasteiger partial charge in [0, 0.05) is 39.3 Å². The van der Waals surface area contributed by atoms with E-state index < -0.39 is 0 Å². The normalized spacial score (nSPS) is 10.4. The summed E-state index contributed by atoms with van der Waals surface area (Å²) in [5, 5.41) is 3.83. The highest BCUT2D eigenvalue weighted by Crippen LogP contribution is 2.15. The average Bonchev–Trinajstić information content (AvgIpc) is 2.98. The van der Waals surface area contributed by atoms with Crippen molar-refractivity contribution >= 4 is 18.1 Å². The van der Waals surface area contributed by atoms with Gasteiger partial charge in [-0.05, 0) is 13.3 Å². The van der Waals surface area contributed by atoms with Crippen LogP contribution in [0.3, 0.4) is 0 Å². The highest BCUT2D eigenvalue weighted by atomic mass is 16.5. The van der Waals surface area contributed by atoms with Crippen molar-refractivity contribution in [1.29, 1.82) is 0 Å². The Kier molecular flexibility index (Phi) is 5.40. The molecule has 0 bridgehead atoms. The zero-order valence-corrected chi connectivity index (χ0v) is 13.4. The minimum absolute atomic E-state index is 0.233. The van der Waals surface area contributed by atoms with Crippen molar-refractivity contribution in [2.24, 2.45) is 0 Å². The minimum atomic E-state index is -0.233. The van der Waals surface area contributed by atoms with E-state index in [1.165, 1.54) is 17.4 Å². The number of nitrogens with zero attached hydrogens (tertiary/aromatic N) is 5. The third-order valence-electron chi connectivity index (χ3n) is 3.35. The number of hydrogen-bond donors (Lipinski definition) is 0. The van der Waals surface area contributed by atoms with Crippen molar-refractivity contribution in [3.05, 3.63) is 35.6 Å². The molecule has 2 aromatic rings. The molecule has 0 atom stereocenters. The molecule has 8 nitrogen and oxygen atoms in total. The number of rotatable bonds is 7. The van der Waals surface area contributed by atoms with Crippen LogP contribution in [0.2, 0.25) is 0 Å². The Morgan fingerprint density at radius 2 is 2.17 bits per heavy atom. The third-order valence-corrected chi connectivity index (χ3v) is 3.35. The molecular weight excluding hydrogens is 298 g/mol. The van der Waals surface area contributed by atoms with Crippen LogP contribution >= 0.6 is 0 Å². The number of amides is 2. The summed E-state index contributed by atoms with van der Waals surface area (Å²) >= 11 is 0. The van der Waals surface area contributed by atoms with Crippen LogP contribution in [-0.2, 0) is 11.2 Å². The lowest BCUT2D eigenvalue weighted by molar-refractivity contribution is -0.107. The maximum atomic E-state index is 12.5. The lowest BCUT2D eigenvalue weighted by atomic mass is 10.2. The third kappa shape index (κ3) is 4.12. The molecule has 0 aliphatic heterocycles. The monoisotopic (exact) mass is 317 g/mol. The number of anilines is 1. The Hall–Kier alpha value is -2.77. The van der Waals surface area contributed by atoms with Gasteiger partial charge in [-0.15, -0.1) is 0 Å². The molecule has 2 amide bonds. The minimum Gasteiger partial charge on any atom is -0.361 e. The van der Waals surface area contributed by atoms with E-state index >= 15 is 0 Å². The molecule has 8 heteroatoms. The SMILES string of the molecule is Cc1cc(CCCN(C)C(=O)c2cncnc2N(C)C=O)on1. The average molecular weight is 317 g/mol. The smallest absolute Gasteiger partial charge is 0.258 e. The van der Waals surface area contributed by atoms with E-state index in [1.807, 2.05) is 13.0 Å². The van der Waals surface area contributed by atoms with E-state index in [-0.39, 0.29) is 11.7 Å². The number of aromatic nitrogens is 3. The Bertz CT molecular complexity index is 685. The van der Waals surface area contributed by atoms with Gasteiger partial charge in [0.25, 0.3) is 5.91 Å². The Morgan fingerprint density at radius 3 is 2.83 bits per heavy atom. The highest BCUT2D eigenvalue weighted by molar-refractivity contribution is 6.00. The van der Waals surface area contributed by atoms with Gasteiger partial charge in [0.05, 0.1) is 5.69 Å². The summed E-state index contributed by atoms with van der Waals surface area (Å²) in [5.41, 5.74) is 1.13. The zero-order valence-electron chi connectivity index (χ0n) is 13.4. The van der Waals surface area contributed by atoms with Gasteiger partial charge in [0.15, 0.2) is 5.82 Å². The predicted molar refractivity (Wildman–Crippen MR) is 83.0 cm³/mol. The van der Waals surface area contributed by atoms with Gasteiger partial charge in [0.2, 0.25) is 6.41 Å². The lowest BCUT2D eigenvalue weighted by Gasteiger charge is -2.19. The quantitative estimate of drug-likeness (QED) is 0.709. The van der Waals surface area contributed by atoms with E-state index in [9.17, 15) is 9.59 Å². The van der Waals surface area contributed by atoms with Crippen LogP contribution in [0.1, 0.15) is 28.2 Å². The fraction of sp³-hybridized carbons (Fsp3) is 0.400. The second kappa shape index (κ2) is 7.48. The molecule has 0 aliphatic rings. The largest absolute Gasteiger partial charge is 0.361 e. The summed E-state index contributed by atoms with van der Waals surface area (Å²) in [6, 6.07) is 1.88. The molecule has 2 aromatic heterocycles. The maximum absolute atomic E-state index is 12.5. The number of carbonyl (C=O) groups is 2. The van der Waals surface area contributed by atoms with Crippen LogP contribution in [-0.4, -0.2) is 53.0 Å². The first kappa shape index (κ1) is 16.6. The Labute approximate surface area is 134 Å². The van der Waals surface area contributed by atoms with Crippen molar-refractivity contribution in [2.75, 3.05) is 25.5 Å². The molecule has 0 saturated carbocycles. The molecule has 2 rings (SSSR count).